The zero-order valence-electron chi connectivity index (χ0n) is 12.8. The van der Waals surface area contributed by atoms with E-state index in [1.54, 1.807) is 0 Å². The molecular formula is C18H21N3O. The summed E-state index contributed by atoms with van der Waals surface area (Å²) in [5.74, 6) is 0.974. The van der Waals surface area contributed by atoms with Crippen LogP contribution in [0.15, 0.2) is 42.5 Å². The molecule has 0 saturated heterocycles. The lowest BCUT2D eigenvalue weighted by Gasteiger charge is -2.08. The molecular weight excluding hydrogens is 274 g/mol. The van der Waals surface area contributed by atoms with Crippen LogP contribution < -0.4 is 5.73 Å². The first-order valence-electron chi connectivity index (χ1n) is 7.64. The summed E-state index contributed by atoms with van der Waals surface area (Å²) in [7, 11) is 0. The average molecular weight is 295 g/mol. The Labute approximate surface area is 130 Å². The van der Waals surface area contributed by atoms with Crippen molar-refractivity contribution in [2.45, 2.75) is 26.3 Å². The van der Waals surface area contributed by atoms with Gasteiger partial charge in [0.2, 0.25) is 0 Å². The van der Waals surface area contributed by atoms with E-state index in [-0.39, 0.29) is 6.61 Å². The molecule has 0 aliphatic carbocycles. The lowest BCUT2D eigenvalue weighted by molar-refractivity contribution is 0.276. The zero-order chi connectivity index (χ0) is 15.5. The molecule has 3 rings (SSSR count). The van der Waals surface area contributed by atoms with Crippen molar-refractivity contribution in [3.05, 3.63) is 59.4 Å². The lowest BCUT2D eigenvalue weighted by Crippen LogP contribution is -2.07. The summed E-state index contributed by atoms with van der Waals surface area (Å²) in [6, 6.07) is 14.2. The van der Waals surface area contributed by atoms with Gasteiger partial charge in [0.25, 0.3) is 0 Å². The van der Waals surface area contributed by atoms with Gasteiger partial charge in [0.05, 0.1) is 17.6 Å². The molecule has 0 aliphatic rings. The number of aliphatic hydroxyl groups is 1. The van der Waals surface area contributed by atoms with Crippen LogP contribution >= 0.6 is 0 Å². The summed E-state index contributed by atoms with van der Waals surface area (Å²) < 4.78 is 2.10. The van der Waals surface area contributed by atoms with Crippen molar-refractivity contribution < 1.29 is 5.11 Å². The van der Waals surface area contributed by atoms with Gasteiger partial charge >= 0.3 is 0 Å². The van der Waals surface area contributed by atoms with Crippen LogP contribution in [0, 0.1) is 0 Å². The summed E-state index contributed by atoms with van der Waals surface area (Å²) in [6.45, 7) is 2.81. The smallest absolute Gasteiger partial charge is 0.114 e. The molecule has 0 atom stereocenters. The average Bonchev–Trinajstić information content (AvgIpc) is 2.87. The standard InChI is InChI=1S/C18H21N3O/c1-2-13-5-8-17-16(11-13)20-18(21(17)9-10-22)12-14-3-6-15(19)7-4-14/h3-8,11,22H,2,9-10,12,19H2,1H3. The van der Waals surface area contributed by atoms with Gasteiger partial charge in [-0.25, -0.2) is 4.98 Å². The van der Waals surface area contributed by atoms with Crippen molar-refractivity contribution >= 4 is 16.7 Å². The molecule has 0 spiro atoms. The van der Waals surface area contributed by atoms with Gasteiger partial charge in [0.1, 0.15) is 5.82 Å². The first kappa shape index (κ1) is 14.6. The molecule has 3 N–H and O–H groups in total. The molecule has 0 aliphatic heterocycles. The minimum Gasteiger partial charge on any atom is -0.399 e. The van der Waals surface area contributed by atoms with Crippen molar-refractivity contribution in [3.63, 3.8) is 0 Å². The van der Waals surface area contributed by atoms with Gasteiger partial charge in [-0.3, -0.25) is 0 Å². The van der Waals surface area contributed by atoms with Crippen LogP contribution in [0.5, 0.6) is 0 Å². The predicted octanol–water partition coefficient (Wildman–Crippen LogP) is 2.76. The van der Waals surface area contributed by atoms with Gasteiger partial charge in [0, 0.05) is 18.7 Å². The molecule has 1 heterocycles. The van der Waals surface area contributed by atoms with E-state index in [2.05, 4.69) is 29.7 Å². The largest absolute Gasteiger partial charge is 0.399 e. The summed E-state index contributed by atoms with van der Waals surface area (Å²) in [5.41, 5.74) is 11.0. The Kier molecular flexibility index (Phi) is 4.11. The summed E-state index contributed by atoms with van der Waals surface area (Å²) in [4.78, 5) is 4.78. The normalized spacial score (nSPS) is 11.2. The number of aryl methyl sites for hydroxylation is 1. The molecule has 0 bridgehead atoms. The van der Waals surface area contributed by atoms with Crippen LogP contribution in [0.1, 0.15) is 23.9 Å². The molecule has 0 radical (unpaired) electrons. The SMILES string of the molecule is CCc1ccc2c(c1)nc(Cc1ccc(N)cc1)n2CCO. The topological polar surface area (TPSA) is 64.1 Å². The number of aliphatic hydroxyl groups excluding tert-OH is 1. The second-order valence-corrected chi connectivity index (χ2v) is 5.50. The molecule has 0 saturated carbocycles. The molecule has 0 unspecified atom stereocenters. The third kappa shape index (κ3) is 2.83. The van der Waals surface area contributed by atoms with Crippen LogP contribution in [-0.2, 0) is 19.4 Å². The quantitative estimate of drug-likeness (QED) is 0.711. The Morgan fingerprint density at radius 2 is 1.82 bits per heavy atom. The van der Waals surface area contributed by atoms with E-state index in [9.17, 15) is 5.11 Å². The number of hydrogen-bond acceptors (Lipinski definition) is 3. The highest BCUT2D eigenvalue weighted by Crippen LogP contribution is 2.21. The van der Waals surface area contributed by atoms with Gasteiger partial charge in [-0.15, -0.1) is 0 Å². The lowest BCUT2D eigenvalue weighted by atomic mass is 10.1. The molecule has 0 amide bonds. The first-order valence-corrected chi connectivity index (χ1v) is 7.64. The number of nitrogen functional groups attached to an aromatic ring is 1. The molecule has 1 aromatic heterocycles. The number of nitrogens with two attached hydrogens (primary N) is 1. The monoisotopic (exact) mass is 295 g/mol. The number of benzene rings is 2. The van der Waals surface area contributed by atoms with Crippen molar-refractivity contribution in [3.8, 4) is 0 Å². The predicted molar refractivity (Wildman–Crippen MR) is 89.9 cm³/mol. The number of hydrogen-bond donors (Lipinski definition) is 2. The van der Waals surface area contributed by atoms with Crippen molar-refractivity contribution in [1.29, 1.82) is 0 Å². The summed E-state index contributed by atoms with van der Waals surface area (Å²) in [6.07, 6.45) is 1.73. The Morgan fingerprint density at radius 1 is 1.09 bits per heavy atom. The van der Waals surface area contributed by atoms with Gasteiger partial charge in [0.15, 0.2) is 0 Å². The van der Waals surface area contributed by atoms with E-state index in [1.165, 1.54) is 11.1 Å². The molecule has 0 fully saturated rings. The maximum absolute atomic E-state index is 9.36. The second kappa shape index (κ2) is 6.20. The van der Waals surface area contributed by atoms with Crippen LogP contribution in [0.4, 0.5) is 5.69 Å². The van der Waals surface area contributed by atoms with E-state index in [1.807, 2.05) is 24.3 Å². The molecule has 4 nitrogen and oxygen atoms in total. The van der Waals surface area contributed by atoms with E-state index < -0.39 is 0 Å². The Bertz CT molecular complexity index is 775. The second-order valence-electron chi connectivity index (χ2n) is 5.50. The summed E-state index contributed by atoms with van der Waals surface area (Å²) >= 11 is 0. The number of aromatic nitrogens is 2. The van der Waals surface area contributed by atoms with Gasteiger partial charge in [-0.1, -0.05) is 25.1 Å². The number of anilines is 1. The maximum atomic E-state index is 9.36. The fraction of sp³-hybridized carbons (Fsp3) is 0.278. The third-order valence-corrected chi connectivity index (χ3v) is 3.97. The Hall–Kier alpha value is -2.33. The van der Waals surface area contributed by atoms with Crippen LogP contribution in [-0.4, -0.2) is 21.3 Å². The molecule has 4 heteroatoms. The summed E-state index contributed by atoms with van der Waals surface area (Å²) in [5, 5.41) is 9.36. The Morgan fingerprint density at radius 3 is 2.50 bits per heavy atom. The van der Waals surface area contributed by atoms with Crippen molar-refractivity contribution in [2.75, 3.05) is 12.3 Å². The van der Waals surface area contributed by atoms with Gasteiger partial charge in [-0.05, 0) is 41.8 Å². The van der Waals surface area contributed by atoms with E-state index in [4.69, 9.17) is 10.7 Å². The minimum absolute atomic E-state index is 0.107. The van der Waals surface area contributed by atoms with Gasteiger partial charge < -0.3 is 15.4 Å². The molecule has 114 valence electrons. The van der Waals surface area contributed by atoms with Crippen LogP contribution in [0.3, 0.4) is 0 Å². The number of nitrogens with zero attached hydrogens (tertiary/aromatic N) is 2. The number of fused-ring (bicyclic) bond motifs is 1. The maximum Gasteiger partial charge on any atom is 0.114 e. The third-order valence-electron chi connectivity index (χ3n) is 3.97. The highest BCUT2D eigenvalue weighted by Gasteiger charge is 2.11. The van der Waals surface area contributed by atoms with Crippen molar-refractivity contribution in [1.82, 2.24) is 9.55 Å². The number of rotatable bonds is 5. The molecule has 22 heavy (non-hydrogen) atoms. The number of imidazole rings is 1. The minimum atomic E-state index is 0.107. The van der Waals surface area contributed by atoms with Crippen molar-refractivity contribution in [2.24, 2.45) is 0 Å². The first-order chi connectivity index (χ1) is 10.7. The fourth-order valence-electron chi connectivity index (χ4n) is 2.75. The van der Waals surface area contributed by atoms with Crippen LogP contribution in [0.2, 0.25) is 0 Å². The fourth-order valence-corrected chi connectivity index (χ4v) is 2.75. The van der Waals surface area contributed by atoms with E-state index in [0.29, 0.717) is 6.54 Å². The Balaban J connectivity index is 2.03. The zero-order valence-corrected chi connectivity index (χ0v) is 12.8. The highest BCUT2D eigenvalue weighted by atomic mass is 16.3. The highest BCUT2D eigenvalue weighted by molar-refractivity contribution is 5.77. The molecule has 3 aromatic rings. The van der Waals surface area contributed by atoms with Crippen LogP contribution in [0.25, 0.3) is 11.0 Å². The van der Waals surface area contributed by atoms with Gasteiger partial charge in [-0.2, -0.15) is 0 Å². The van der Waals surface area contributed by atoms with E-state index >= 15 is 0 Å². The molecule has 2 aromatic carbocycles. The van der Waals surface area contributed by atoms with E-state index in [0.717, 1.165) is 35.4 Å².